The third kappa shape index (κ3) is 1.94. The van der Waals surface area contributed by atoms with Gasteiger partial charge >= 0.3 is 0 Å². The van der Waals surface area contributed by atoms with Crippen molar-refractivity contribution in [2.75, 3.05) is 0 Å². The van der Waals surface area contributed by atoms with Crippen LogP contribution in [-0.4, -0.2) is 0 Å². The Morgan fingerprint density at radius 1 is 1.36 bits per heavy atom. The average Bonchev–Trinajstić information content (AvgIpc) is 2.12. The van der Waals surface area contributed by atoms with Crippen LogP contribution in [0.3, 0.4) is 0 Å². The molecule has 1 aromatic carbocycles. The van der Waals surface area contributed by atoms with Gasteiger partial charge in [0.05, 0.1) is 0 Å². The Bertz CT molecular complexity index is 310. The molecule has 14 heavy (non-hydrogen) atoms. The second-order valence-corrected chi connectivity index (χ2v) is 5.02. The molecule has 0 aliphatic heterocycles. The molecular formula is C11H15IN2. The van der Waals surface area contributed by atoms with Gasteiger partial charge in [0, 0.05) is 9.61 Å². The number of nitrogens with two attached hydrogens (primary N) is 1. The van der Waals surface area contributed by atoms with Crippen molar-refractivity contribution in [1.82, 2.24) is 5.43 Å². The van der Waals surface area contributed by atoms with E-state index in [0.29, 0.717) is 6.04 Å². The highest BCUT2D eigenvalue weighted by Crippen LogP contribution is 2.38. The lowest BCUT2D eigenvalue weighted by molar-refractivity contribution is 0.231. The van der Waals surface area contributed by atoms with E-state index in [2.05, 4.69) is 52.3 Å². The van der Waals surface area contributed by atoms with Crippen LogP contribution in [0, 0.1) is 9.49 Å². The molecule has 1 unspecified atom stereocenters. The SMILES string of the molecule is NNC(c1ccccc1I)C1CCC1. The summed E-state index contributed by atoms with van der Waals surface area (Å²) in [7, 11) is 0. The quantitative estimate of drug-likeness (QED) is 0.512. The lowest BCUT2D eigenvalue weighted by Gasteiger charge is -2.34. The van der Waals surface area contributed by atoms with Crippen LogP contribution in [0.15, 0.2) is 24.3 Å². The zero-order valence-electron chi connectivity index (χ0n) is 8.04. The number of hydrogen-bond donors (Lipinski definition) is 2. The van der Waals surface area contributed by atoms with Gasteiger partial charge in [-0.25, -0.2) is 0 Å². The molecule has 1 fully saturated rings. The van der Waals surface area contributed by atoms with Crippen molar-refractivity contribution in [1.29, 1.82) is 0 Å². The van der Waals surface area contributed by atoms with Crippen molar-refractivity contribution in [3.63, 3.8) is 0 Å². The molecule has 0 spiro atoms. The Balaban J connectivity index is 2.22. The molecular weight excluding hydrogens is 287 g/mol. The molecule has 1 atom stereocenters. The van der Waals surface area contributed by atoms with Crippen LogP contribution in [0.4, 0.5) is 0 Å². The largest absolute Gasteiger partial charge is 0.271 e. The lowest BCUT2D eigenvalue weighted by Crippen LogP contribution is -2.36. The third-order valence-corrected chi connectivity index (χ3v) is 4.02. The van der Waals surface area contributed by atoms with E-state index < -0.39 is 0 Å². The Hall–Kier alpha value is -0.130. The van der Waals surface area contributed by atoms with E-state index in [1.165, 1.54) is 28.4 Å². The first-order valence-corrected chi connectivity index (χ1v) is 6.11. The van der Waals surface area contributed by atoms with Crippen LogP contribution in [0.5, 0.6) is 0 Å². The summed E-state index contributed by atoms with van der Waals surface area (Å²) in [6.07, 6.45) is 3.96. The molecule has 76 valence electrons. The van der Waals surface area contributed by atoms with E-state index >= 15 is 0 Å². The van der Waals surface area contributed by atoms with E-state index in [1.54, 1.807) is 0 Å². The first-order chi connectivity index (χ1) is 6.83. The van der Waals surface area contributed by atoms with Gasteiger partial charge in [0.15, 0.2) is 0 Å². The maximum absolute atomic E-state index is 5.63. The third-order valence-electron chi connectivity index (χ3n) is 3.04. The number of nitrogens with one attached hydrogen (secondary N) is 1. The van der Waals surface area contributed by atoms with E-state index in [-0.39, 0.29) is 0 Å². The highest BCUT2D eigenvalue weighted by atomic mass is 127. The Kier molecular flexibility index (Phi) is 3.41. The summed E-state index contributed by atoms with van der Waals surface area (Å²) in [4.78, 5) is 0. The van der Waals surface area contributed by atoms with Gasteiger partial charge in [-0.15, -0.1) is 0 Å². The minimum atomic E-state index is 0.344. The monoisotopic (exact) mass is 302 g/mol. The predicted molar refractivity (Wildman–Crippen MR) is 66.6 cm³/mol. The Morgan fingerprint density at radius 2 is 2.07 bits per heavy atom. The summed E-state index contributed by atoms with van der Waals surface area (Å²) in [5, 5.41) is 0. The maximum atomic E-state index is 5.63. The fourth-order valence-corrected chi connectivity index (χ4v) is 2.70. The molecule has 3 heteroatoms. The molecule has 3 N–H and O–H groups in total. The molecule has 0 radical (unpaired) electrons. The van der Waals surface area contributed by atoms with Gasteiger partial charge < -0.3 is 0 Å². The normalized spacial score (nSPS) is 19.0. The van der Waals surface area contributed by atoms with Crippen molar-refractivity contribution in [2.45, 2.75) is 25.3 Å². The zero-order chi connectivity index (χ0) is 9.97. The number of hydrogen-bond acceptors (Lipinski definition) is 2. The van der Waals surface area contributed by atoms with Crippen LogP contribution in [-0.2, 0) is 0 Å². The van der Waals surface area contributed by atoms with Crippen LogP contribution in [0.2, 0.25) is 0 Å². The first-order valence-electron chi connectivity index (χ1n) is 5.03. The van der Waals surface area contributed by atoms with Crippen molar-refractivity contribution in [3.8, 4) is 0 Å². The zero-order valence-corrected chi connectivity index (χ0v) is 10.2. The van der Waals surface area contributed by atoms with Gasteiger partial charge in [0.2, 0.25) is 0 Å². The van der Waals surface area contributed by atoms with Crippen molar-refractivity contribution >= 4 is 22.6 Å². The average molecular weight is 302 g/mol. The van der Waals surface area contributed by atoms with Gasteiger partial charge in [0.25, 0.3) is 0 Å². The number of hydrazine groups is 1. The van der Waals surface area contributed by atoms with Crippen LogP contribution in [0.25, 0.3) is 0 Å². The molecule has 1 aromatic rings. The van der Waals surface area contributed by atoms with Crippen LogP contribution < -0.4 is 11.3 Å². The minimum absolute atomic E-state index is 0.344. The first kappa shape index (κ1) is 10.4. The van der Waals surface area contributed by atoms with Crippen LogP contribution in [0.1, 0.15) is 30.9 Å². The van der Waals surface area contributed by atoms with Gasteiger partial charge in [-0.3, -0.25) is 11.3 Å². The minimum Gasteiger partial charge on any atom is -0.271 e. The molecule has 2 rings (SSSR count). The van der Waals surface area contributed by atoms with Gasteiger partial charge in [-0.2, -0.15) is 0 Å². The van der Waals surface area contributed by atoms with E-state index in [1.807, 2.05) is 0 Å². The molecule has 1 aliphatic carbocycles. The van der Waals surface area contributed by atoms with Crippen LogP contribution >= 0.6 is 22.6 Å². The Morgan fingerprint density at radius 3 is 2.57 bits per heavy atom. The summed E-state index contributed by atoms with van der Waals surface area (Å²) in [5.41, 5.74) is 4.30. The predicted octanol–water partition coefficient (Wildman–Crippen LogP) is 2.60. The summed E-state index contributed by atoms with van der Waals surface area (Å²) < 4.78 is 1.31. The van der Waals surface area contributed by atoms with Gasteiger partial charge in [-0.05, 0) is 53.0 Å². The van der Waals surface area contributed by atoms with E-state index in [4.69, 9.17) is 5.84 Å². The molecule has 1 saturated carbocycles. The maximum Gasteiger partial charge on any atom is 0.0498 e. The summed E-state index contributed by atoms with van der Waals surface area (Å²) >= 11 is 2.38. The van der Waals surface area contributed by atoms with Crippen molar-refractivity contribution in [3.05, 3.63) is 33.4 Å². The highest BCUT2D eigenvalue weighted by molar-refractivity contribution is 14.1. The summed E-state index contributed by atoms with van der Waals surface area (Å²) in [5.74, 6) is 6.36. The molecule has 0 bridgehead atoms. The molecule has 1 aliphatic rings. The second-order valence-electron chi connectivity index (χ2n) is 3.86. The standard InChI is InChI=1S/C11H15IN2/c12-10-7-2-1-6-9(10)11(14-13)8-4-3-5-8/h1-2,6-8,11,14H,3-5,13H2. The molecule has 0 amide bonds. The molecule has 0 heterocycles. The number of rotatable bonds is 3. The van der Waals surface area contributed by atoms with Crippen molar-refractivity contribution in [2.24, 2.45) is 11.8 Å². The number of halogens is 1. The van der Waals surface area contributed by atoms with Crippen molar-refractivity contribution < 1.29 is 0 Å². The fourth-order valence-electron chi connectivity index (χ4n) is 1.98. The lowest BCUT2D eigenvalue weighted by atomic mass is 9.77. The smallest absolute Gasteiger partial charge is 0.0498 e. The summed E-state index contributed by atoms with van der Waals surface area (Å²) in [6.45, 7) is 0. The topological polar surface area (TPSA) is 38.0 Å². The second kappa shape index (κ2) is 4.59. The molecule has 0 saturated heterocycles. The summed E-state index contributed by atoms with van der Waals surface area (Å²) in [6, 6.07) is 8.81. The van der Waals surface area contributed by atoms with E-state index in [0.717, 1.165) is 5.92 Å². The van der Waals surface area contributed by atoms with Gasteiger partial charge in [-0.1, -0.05) is 24.6 Å². The van der Waals surface area contributed by atoms with Gasteiger partial charge in [0.1, 0.15) is 0 Å². The number of benzene rings is 1. The highest BCUT2D eigenvalue weighted by Gasteiger charge is 2.28. The van der Waals surface area contributed by atoms with E-state index in [9.17, 15) is 0 Å². The Labute approximate surface area is 98.4 Å². The molecule has 0 aromatic heterocycles. The molecule has 2 nitrogen and oxygen atoms in total. The fraction of sp³-hybridized carbons (Fsp3) is 0.455.